The molecular formula is C11H21NO4. The molecule has 0 rings (SSSR count). The standard InChI is InChI=1S/C11H21NO4/c1-4-8(10(13)14)6-16-11(15)9(12)5-7(2)3/h7-9H,4-6,12H2,1-3H3,(H,13,14)/t8?,9-/m0/s1. The Morgan fingerprint density at radius 1 is 1.38 bits per heavy atom. The maximum absolute atomic E-state index is 11.4. The van der Waals surface area contributed by atoms with Gasteiger partial charge in [0.25, 0.3) is 0 Å². The lowest BCUT2D eigenvalue weighted by Crippen LogP contribution is -2.35. The van der Waals surface area contributed by atoms with Crippen molar-refractivity contribution in [1.29, 1.82) is 0 Å². The van der Waals surface area contributed by atoms with Gasteiger partial charge in [-0.15, -0.1) is 0 Å². The summed E-state index contributed by atoms with van der Waals surface area (Å²) in [7, 11) is 0. The van der Waals surface area contributed by atoms with Crippen molar-refractivity contribution in [2.75, 3.05) is 6.61 Å². The van der Waals surface area contributed by atoms with E-state index in [0.717, 1.165) is 0 Å². The van der Waals surface area contributed by atoms with Gasteiger partial charge in [-0.05, 0) is 18.8 Å². The molecule has 0 saturated heterocycles. The van der Waals surface area contributed by atoms with E-state index in [1.54, 1.807) is 6.92 Å². The fourth-order valence-electron chi connectivity index (χ4n) is 1.26. The van der Waals surface area contributed by atoms with Crippen LogP contribution >= 0.6 is 0 Å². The number of hydrogen-bond donors (Lipinski definition) is 2. The van der Waals surface area contributed by atoms with Gasteiger partial charge in [-0.1, -0.05) is 20.8 Å². The van der Waals surface area contributed by atoms with Crippen molar-refractivity contribution in [2.24, 2.45) is 17.6 Å². The first kappa shape index (κ1) is 14.9. The average molecular weight is 231 g/mol. The van der Waals surface area contributed by atoms with Crippen LogP contribution in [0.15, 0.2) is 0 Å². The normalized spacial score (nSPS) is 14.6. The van der Waals surface area contributed by atoms with Crippen LogP contribution in [0.4, 0.5) is 0 Å². The zero-order chi connectivity index (χ0) is 12.7. The highest BCUT2D eigenvalue weighted by Gasteiger charge is 2.21. The van der Waals surface area contributed by atoms with Crippen LogP contribution in [0, 0.1) is 11.8 Å². The maximum Gasteiger partial charge on any atom is 0.322 e. The predicted molar refractivity (Wildman–Crippen MR) is 59.8 cm³/mol. The van der Waals surface area contributed by atoms with Gasteiger partial charge in [0.2, 0.25) is 0 Å². The molecule has 5 heteroatoms. The molecule has 0 amide bonds. The zero-order valence-corrected chi connectivity index (χ0v) is 10.1. The second-order valence-electron chi connectivity index (χ2n) is 4.31. The molecule has 0 heterocycles. The Balaban J connectivity index is 4.00. The molecule has 1 unspecified atom stereocenters. The molecule has 0 aromatic carbocycles. The van der Waals surface area contributed by atoms with Gasteiger partial charge in [0.05, 0.1) is 5.92 Å². The monoisotopic (exact) mass is 231 g/mol. The van der Waals surface area contributed by atoms with Crippen LogP contribution in [0.25, 0.3) is 0 Å². The molecule has 94 valence electrons. The topological polar surface area (TPSA) is 89.6 Å². The highest BCUT2D eigenvalue weighted by atomic mass is 16.5. The third-order valence-electron chi connectivity index (χ3n) is 2.30. The molecule has 0 aromatic heterocycles. The summed E-state index contributed by atoms with van der Waals surface area (Å²) in [5, 5.41) is 8.75. The molecule has 2 atom stereocenters. The quantitative estimate of drug-likeness (QED) is 0.638. The first-order chi connectivity index (χ1) is 7.38. The summed E-state index contributed by atoms with van der Waals surface area (Å²) < 4.78 is 4.87. The molecule has 5 nitrogen and oxygen atoms in total. The van der Waals surface area contributed by atoms with Crippen molar-refractivity contribution in [3.05, 3.63) is 0 Å². The molecule has 0 fully saturated rings. The van der Waals surface area contributed by atoms with Gasteiger partial charge in [0.1, 0.15) is 12.6 Å². The van der Waals surface area contributed by atoms with Crippen molar-refractivity contribution in [2.45, 2.75) is 39.7 Å². The van der Waals surface area contributed by atoms with Crippen molar-refractivity contribution in [1.82, 2.24) is 0 Å². The lowest BCUT2D eigenvalue weighted by molar-refractivity contribution is -0.152. The van der Waals surface area contributed by atoms with Gasteiger partial charge in [-0.3, -0.25) is 9.59 Å². The highest BCUT2D eigenvalue weighted by molar-refractivity contribution is 5.76. The van der Waals surface area contributed by atoms with Crippen LogP contribution in [0.1, 0.15) is 33.6 Å². The van der Waals surface area contributed by atoms with Crippen molar-refractivity contribution in [3.63, 3.8) is 0 Å². The Kier molecular flexibility index (Phi) is 6.72. The molecule has 0 aliphatic carbocycles. The Morgan fingerprint density at radius 3 is 2.31 bits per heavy atom. The molecule has 0 saturated carbocycles. The lowest BCUT2D eigenvalue weighted by Gasteiger charge is -2.15. The van der Waals surface area contributed by atoms with E-state index in [0.29, 0.717) is 18.8 Å². The lowest BCUT2D eigenvalue weighted by atomic mass is 10.0. The third kappa shape index (κ3) is 5.70. The van der Waals surface area contributed by atoms with Crippen LogP contribution in [0.3, 0.4) is 0 Å². The number of esters is 1. The Hall–Kier alpha value is -1.10. The minimum absolute atomic E-state index is 0.101. The van der Waals surface area contributed by atoms with E-state index in [4.69, 9.17) is 15.6 Å². The van der Waals surface area contributed by atoms with E-state index in [-0.39, 0.29) is 6.61 Å². The number of nitrogens with two attached hydrogens (primary N) is 1. The van der Waals surface area contributed by atoms with E-state index in [9.17, 15) is 9.59 Å². The Labute approximate surface area is 96.0 Å². The summed E-state index contributed by atoms with van der Waals surface area (Å²) >= 11 is 0. The molecule has 0 radical (unpaired) electrons. The number of carbonyl (C=O) groups excluding carboxylic acids is 1. The Bertz CT molecular complexity index is 240. The third-order valence-corrected chi connectivity index (χ3v) is 2.30. The van der Waals surface area contributed by atoms with Crippen LogP contribution < -0.4 is 5.73 Å². The molecule has 3 N–H and O–H groups in total. The number of carbonyl (C=O) groups is 2. The molecular weight excluding hydrogens is 210 g/mol. The predicted octanol–water partition coefficient (Wildman–Crippen LogP) is 1.01. The summed E-state index contributed by atoms with van der Waals surface area (Å²) in [4.78, 5) is 22.0. The van der Waals surface area contributed by atoms with Gasteiger partial charge < -0.3 is 15.6 Å². The first-order valence-electron chi connectivity index (χ1n) is 5.53. The summed E-state index contributed by atoms with van der Waals surface area (Å²) in [6.45, 7) is 5.55. The number of hydrogen-bond acceptors (Lipinski definition) is 4. The number of carboxylic acid groups (broad SMARTS) is 1. The molecule has 16 heavy (non-hydrogen) atoms. The van der Waals surface area contributed by atoms with Crippen LogP contribution in [-0.2, 0) is 14.3 Å². The van der Waals surface area contributed by atoms with Crippen molar-refractivity contribution < 1.29 is 19.4 Å². The fraction of sp³-hybridized carbons (Fsp3) is 0.818. The maximum atomic E-state index is 11.4. The van der Waals surface area contributed by atoms with E-state index < -0.39 is 23.9 Å². The smallest absolute Gasteiger partial charge is 0.322 e. The molecule has 0 aliphatic rings. The van der Waals surface area contributed by atoms with Gasteiger partial charge in [-0.2, -0.15) is 0 Å². The minimum atomic E-state index is -0.951. The van der Waals surface area contributed by atoms with Gasteiger partial charge in [-0.25, -0.2) is 0 Å². The van der Waals surface area contributed by atoms with E-state index in [2.05, 4.69) is 0 Å². The second-order valence-corrected chi connectivity index (χ2v) is 4.31. The summed E-state index contributed by atoms with van der Waals surface area (Å²) in [6, 6.07) is -0.661. The zero-order valence-electron chi connectivity index (χ0n) is 10.1. The molecule has 0 aromatic rings. The number of carboxylic acids is 1. The number of aliphatic carboxylic acids is 1. The van der Waals surface area contributed by atoms with Crippen molar-refractivity contribution in [3.8, 4) is 0 Å². The second kappa shape index (κ2) is 7.22. The number of ether oxygens (including phenoxy) is 1. The SMILES string of the molecule is CCC(COC(=O)[C@@H](N)CC(C)C)C(=O)O. The van der Waals surface area contributed by atoms with Crippen LogP contribution in [-0.4, -0.2) is 29.7 Å². The summed E-state index contributed by atoms with van der Waals surface area (Å²) in [5.74, 6) is -1.81. The van der Waals surface area contributed by atoms with Gasteiger partial charge in [0, 0.05) is 0 Å². The Morgan fingerprint density at radius 2 is 1.94 bits per heavy atom. The fourth-order valence-corrected chi connectivity index (χ4v) is 1.26. The summed E-state index contributed by atoms with van der Waals surface area (Å²) in [5.41, 5.74) is 5.60. The van der Waals surface area contributed by atoms with E-state index in [1.165, 1.54) is 0 Å². The largest absolute Gasteiger partial charge is 0.481 e. The van der Waals surface area contributed by atoms with Gasteiger partial charge in [0.15, 0.2) is 0 Å². The van der Waals surface area contributed by atoms with Crippen LogP contribution in [0.5, 0.6) is 0 Å². The first-order valence-corrected chi connectivity index (χ1v) is 5.53. The van der Waals surface area contributed by atoms with E-state index in [1.807, 2.05) is 13.8 Å². The number of rotatable bonds is 7. The minimum Gasteiger partial charge on any atom is -0.481 e. The molecule has 0 aliphatic heterocycles. The highest BCUT2D eigenvalue weighted by Crippen LogP contribution is 2.07. The van der Waals surface area contributed by atoms with Crippen molar-refractivity contribution >= 4 is 11.9 Å². The van der Waals surface area contributed by atoms with Crippen LogP contribution in [0.2, 0.25) is 0 Å². The summed E-state index contributed by atoms with van der Waals surface area (Å²) in [6.07, 6.45) is 0.977. The molecule has 0 spiro atoms. The van der Waals surface area contributed by atoms with Gasteiger partial charge >= 0.3 is 11.9 Å². The molecule has 0 bridgehead atoms. The average Bonchev–Trinajstić information content (AvgIpc) is 2.16. The van der Waals surface area contributed by atoms with E-state index >= 15 is 0 Å².